The molecule has 0 saturated carbocycles. The molecule has 2 heteroatoms. The normalized spacial score (nSPS) is 24.7. The third-order valence-electron chi connectivity index (χ3n) is 1.83. The van der Waals surface area contributed by atoms with Gasteiger partial charge >= 0.3 is 0 Å². The van der Waals surface area contributed by atoms with Crippen LogP contribution in [0.3, 0.4) is 0 Å². The van der Waals surface area contributed by atoms with E-state index in [2.05, 4.69) is 19.2 Å². The average Bonchev–Trinajstić information content (AvgIpc) is 1.65. The highest BCUT2D eigenvalue weighted by Crippen LogP contribution is 2.16. The minimum Gasteiger partial charge on any atom is -0.312 e. The van der Waals surface area contributed by atoms with Crippen LogP contribution >= 0.6 is 13.5 Å². The van der Waals surface area contributed by atoms with E-state index in [0.717, 1.165) is 0 Å². The van der Waals surface area contributed by atoms with Gasteiger partial charge < -0.3 is 5.32 Å². The minimum atomic E-state index is 0. The predicted molar refractivity (Wildman–Crippen MR) is 46.3 cm³/mol. The van der Waals surface area contributed by atoms with Crippen molar-refractivity contribution in [1.29, 1.82) is 0 Å². The summed E-state index contributed by atoms with van der Waals surface area (Å²) in [7, 11) is 0. The van der Waals surface area contributed by atoms with E-state index in [1.807, 2.05) is 0 Å². The first-order chi connectivity index (χ1) is 3.71. The molecule has 1 rings (SSSR count). The Hall–Kier alpha value is 0.310. The second kappa shape index (κ2) is 3.47. The molecule has 0 aromatic carbocycles. The van der Waals surface area contributed by atoms with Crippen LogP contribution < -0.4 is 5.32 Å². The summed E-state index contributed by atoms with van der Waals surface area (Å²) in [6, 6.07) is 0. The summed E-state index contributed by atoms with van der Waals surface area (Å²) in [5.74, 6) is 0. The standard InChI is InChI=1S/C7H15N.H2S/c1-7(2)5-3-4-6-8-7;/h8H,3-6H2,1-2H3;1H2. The molecule has 9 heavy (non-hydrogen) atoms. The third-order valence-corrected chi connectivity index (χ3v) is 1.83. The highest BCUT2D eigenvalue weighted by atomic mass is 32.1. The zero-order valence-electron chi connectivity index (χ0n) is 6.33. The topological polar surface area (TPSA) is 12.0 Å². The van der Waals surface area contributed by atoms with Gasteiger partial charge in [0, 0.05) is 5.54 Å². The summed E-state index contributed by atoms with van der Waals surface area (Å²) < 4.78 is 0. The predicted octanol–water partition coefficient (Wildman–Crippen LogP) is 1.65. The van der Waals surface area contributed by atoms with E-state index in [0.29, 0.717) is 5.54 Å². The minimum absolute atomic E-state index is 0. The molecule has 1 heterocycles. The molecule has 1 nitrogen and oxygen atoms in total. The van der Waals surface area contributed by atoms with E-state index >= 15 is 0 Å². The maximum atomic E-state index is 3.46. The Balaban J connectivity index is 0.000000640. The van der Waals surface area contributed by atoms with Crippen LogP contribution in [0.1, 0.15) is 33.1 Å². The highest BCUT2D eigenvalue weighted by molar-refractivity contribution is 7.59. The first kappa shape index (κ1) is 9.31. The first-order valence-corrected chi connectivity index (χ1v) is 3.46. The fourth-order valence-corrected chi connectivity index (χ4v) is 1.21. The first-order valence-electron chi connectivity index (χ1n) is 3.46. The van der Waals surface area contributed by atoms with Crippen LogP contribution in [-0.4, -0.2) is 12.1 Å². The Morgan fingerprint density at radius 1 is 1.22 bits per heavy atom. The number of piperidine rings is 1. The van der Waals surface area contributed by atoms with Crippen molar-refractivity contribution in [2.75, 3.05) is 6.54 Å². The molecular weight excluding hydrogens is 130 g/mol. The van der Waals surface area contributed by atoms with Gasteiger partial charge in [-0.1, -0.05) is 6.42 Å². The number of hydrogen-bond acceptors (Lipinski definition) is 1. The molecule has 0 radical (unpaired) electrons. The SMILES string of the molecule is CC1(C)CCCCN1.S. The molecular formula is C7H17NS. The summed E-state index contributed by atoms with van der Waals surface area (Å²) in [6.07, 6.45) is 4.11. The lowest BCUT2D eigenvalue weighted by Gasteiger charge is -2.30. The van der Waals surface area contributed by atoms with E-state index in [-0.39, 0.29) is 13.5 Å². The van der Waals surface area contributed by atoms with E-state index in [9.17, 15) is 0 Å². The summed E-state index contributed by atoms with van der Waals surface area (Å²) >= 11 is 0. The zero-order valence-corrected chi connectivity index (χ0v) is 7.33. The van der Waals surface area contributed by atoms with E-state index in [1.54, 1.807) is 0 Å². The van der Waals surface area contributed by atoms with Crippen molar-refractivity contribution in [3.05, 3.63) is 0 Å². The van der Waals surface area contributed by atoms with Crippen molar-refractivity contribution in [2.45, 2.75) is 38.6 Å². The van der Waals surface area contributed by atoms with Crippen LogP contribution in [0.2, 0.25) is 0 Å². The lowest BCUT2D eigenvalue weighted by molar-refractivity contribution is 0.304. The Morgan fingerprint density at radius 3 is 2.11 bits per heavy atom. The van der Waals surface area contributed by atoms with Gasteiger partial charge in [0.25, 0.3) is 0 Å². The highest BCUT2D eigenvalue weighted by Gasteiger charge is 2.18. The van der Waals surface area contributed by atoms with Crippen LogP contribution in [0.25, 0.3) is 0 Å². The van der Waals surface area contributed by atoms with Gasteiger partial charge in [-0.25, -0.2) is 0 Å². The van der Waals surface area contributed by atoms with Gasteiger partial charge in [0.2, 0.25) is 0 Å². The monoisotopic (exact) mass is 147 g/mol. The van der Waals surface area contributed by atoms with Crippen LogP contribution in [0.5, 0.6) is 0 Å². The van der Waals surface area contributed by atoms with Crippen LogP contribution in [0.15, 0.2) is 0 Å². The molecule has 1 fully saturated rings. The molecule has 56 valence electrons. The van der Waals surface area contributed by atoms with Gasteiger partial charge in [0.05, 0.1) is 0 Å². The van der Waals surface area contributed by atoms with Gasteiger partial charge in [-0.05, 0) is 33.2 Å². The average molecular weight is 147 g/mol. The van der Waals surface area contributed by atoms with Crippen LogP contribution in [0.4, 0.5) is 0 Å². The number of hydrogen-bond donors (Lipinski definition) is 1. The second-order valence-corrected chi connectivity index (χ2v) is 3.27. The summed E-state index contributed by atoms with van der Waals surface area (Å²) in [5, 5.41) is 3.46. The van der Waals surface area contributed by atoms with E-state index in [1.165, 1.54) is 25.8 Å². The quantitative estimate of drug-likeness (QED) is 0.549. The molecule has 0 aromatic rings. The Labute approximate surface area is 64.7 Å². The fourth-order valence-electron chi connectivity index (χ4n) is 1.21. The molecule has 1 saturated heterocycles. The smallest absolute Gasteiger partial charge is 0.0125 e. The Morgan fingerprint density at radius 2 is 1.89 bits per heavy atom. The van der Waals surface area contributed by atoms with E-state index in [4.69, 9.17) is 0 Å². The number of rotatable bonds is 0. The molecule has 0 amide bonds. The van der Waals surface area contributed by atoms with Crippen molar-refractivity contribution in [1.82, 2.24) is 5.32 Å². The molecule has 0 aromatic heterocycles. The maximum Gasteiger partial charge on any atom is 0.0125 e. The molecule has 0 spiro atoms. The number of nitrogens with one attached hydrogen (secondary N) is 1. The molecule has 1 aliphatic rings. The Bertz CT molecular complexity index is 73.0. The Kier molecular flexibility index (Phi) is 3.59. The van der Waals surface area contributed by atoms with E-state index < -0.39 is 0 Å². The molecule has 0 atom stereocenters. The lowest BCUT2D eigenvalue weighted by Crippen LogP contribution is -2.42. The van der Waals surface area contributed by atoms with Gasteiger partial charge in [-0.2, -0.15) is 13.5 Å². The maximum absolute atomic E-state index is 3.46. The molecule has 1 N–H and O–H groups in total. The molecule has 0 bridgehead atoms. The van der Waals surface area contributed by atoms with Crippen molar-refractivity contribution >= 4 is 13.5 Å². The van der Waals surface area contributed by atoms with Crippen molar-refractivity contribution in [2.24, 2.45) is 0 Å². The van der Waals surface area contributed by atoms with Gasteiger partial charge in [-0.3, -0.25) is 0 Å². The zero-order chi connectivity index (χ0) is 6.04. The van der Waals surface area contributed by atoms with Crippen molar-refractivity contribution in [3.8, 4) is 0 Å². The molecule has 0 unspecified atom stereocenters. The van der Waals surface area contributed by atoms with Crippen LogP contribution in [-0.2, 0) is 0 Å². The molecule has 0 aliphatic carbocycles. The summed E-state index contributed by atoms with van der Waals surface area (Å²) in [6.45, 7) is 5.76. The summed E-state index contributed by atoms with van der Waals surface area (Å²) in [4.78, 5) is 0. The summed E-state index contributed by atoms with van der Waals surface area (Å²) in [5.41, 5.74) is 0.429. The van der Waals surface area contributed by atoms with Gasteiger partial charge in [0.15, 0.2) is 0 Å². The lowest BCUT2D eigenvalue weighted by atomic mass is 9.93. The third kappa shape index (κ3) is 3.11. The van der Waals surface area contributed by atoms with Crippen LogP contribution in [0, 0.1) is 0 Å². The molecule has 1 aliphatic heterocycles. The van der Waals surface area contributed by atoms with Gasteiger partial charge in [0.1, 0.15) is 0 Å². The van der Waals surface area contributed by atoms with Crippen molar-refractivity contribution < 1.29 is 0 Å². The van der Waals surface area contributed by atoms with Crippen molar-refractivity contribution in [3.63, 3.8) is 0 Å². The second-order valence-electron chi connectivity index (χ2n) is 3.27. The van der Waals surface area contributed by atoms with Gasteiger partial charge in [-0.15, -0.1) is 0 Å². The largest absolute Gasteiger partial charge is 0.312 e. The fraction of sp³-hybridized carbons (Fsp3) is 1.00.